The van der Waals surface area contributed by atoms with Gasteiger partial charge in [0.05, 0.1) is 25.5 Å². The lowest BCUT2D eigenvalue weighted by atomic mass is 10.2. The van der Waals surface area contributed by atoms with Crippen LogP contribution < -0.4 is 16.0 Å². The average Bonchev–Trinajstić information content (AvgIpc) is 2.48. The highest BCUT2D eigenvalue weighted by molar-refractivity contribution is 5.76. The molecule has 0 spiro atoms. The van der Waals surface area contributed by atoms with Crippen molar-refractivity contribution < 1.29 is 19.4 Å². The minimum atomic E-state index is 0.000114. The van der Waals surface area contributed by atoms with E-state index in [1.165, 1.54) is 0 Å². The number of nitrogens with one attached hydrogen (secondary N) is 3. The number of hydrogen-bond donors (Lipinski definition) is 4. The molecule has 4 N–H and O–H groups in total. The molecule has 0 bridgehead atoms. The van der Waals surface area contributed by atoms with Crippen molar-refractivity contribution in [3.05, 3.63) is 12.3 Å². The van der Waals surface area contributed by atoms with Crippen molar-refractivity contribution in [2.24, 2.45) is 0 Å². The molecule has 0 aliphatic heterocycles. The van der Waals surface area contributed by atoms with Crippen LogP contribution in [0.3, 0.4) is 0 Å². The van der Waals surface area contributed by atoms with Crippen LogP contribution in [0.5, 0.6) is 0 Å². The number of aliphatic hydroxyl groups excluding tert-OH is 1. The standard InChI is InChI=1S/C15H29N3O4/c1-3-14(20)17-7-5-4-6-15(21)18-9-11-22-10-8-16-12-13(2)19/h16,19H,2-12H2,1H3,(H,17,20)(H,18,21). The third kappa shape index (κ3) is 14.8. The Bertz CT molecular complexity index is 335. The highest BCUT2D eigenvalue weighted by Gasteiger charge is 2.01. The Morgan fingerprint density at radius 1 is 1.05 bits per heavy atom. The third-order valence-corrected chi connectivity index (χ3v) is 2.79. The third-order valence-electron chi connectivity index (χ3n) is 2.79. The number of aliphatic hydroxyl groups is 1. The maximum absolute atomic E-state index is 11.5. The SMILES string of the molecule is C=C(O)CNCCOCCNC(=O)CCCCNC(=O)CC. The first kappa shape index (κ1) is 20.4. The Labute approximate surface area is 132 Å². The van der Waals surface area contributed by atoms with E-state index in [0.29, 0.717) is 52.2 Å². The Hall–Kier alpha value is -1.60. The van der Waals surface area contributed by atoms with Crippen LogP contribution >= 0.6 is 0 Å². The zero-order chi connectivity index (χ0) is 16.6. The number of carbonyl (C=O) groups excluding carboxylic acids is 2. The van der Waals surface area contributed by atoms with E-state index in [4.69, 9.17) is 9.84 Å². The topological polar surface area (TPSA) is 99.7 Å². The molecule has 0 heterocycles. The molecule has 0 aliphatic rings. The van der Waals surface area contributed by atoms with Crippen LogP contribution in [0.15, 0.2) is 12.3 Å². The smallest absolute Gasteiger partial charge is 0.220 e. The Kier molecular flexibility index (Phi) is 13.3. The minimum Gasteiger partial charge on any atom is -0.512 e. The molecule has 22 heavy (non-hydrogen) atoms. The molecule has 128 valence electrons. The van der Waals surface area contributed by atoms with Gasteiger partial charge in [0, 0.05) is 32.5 Å². The molecule has 0 saturated carbocycles. The molecule has 7 heteroatoms. The van der Waals surface area contributed by atoms with E-state index in [1.807, 2.05) is 6.92 Å². The number of rotatable bonds is 14. The molecule has 0 fully saturated rings. The van der Waals surface area contributed by atoms with E-state index in [0.717, 1.165) is 12.8 Å². The summed E-state index contributed by atoms with van der Waals surface area (Å²) in [6.07, 6.45) is 2.51. The van der Waals surface area contributed by atoms with Crippen LogP contribution in [0.1, 0.15) is 32.6 Å². The van der Waals surface area contributed by atoms with Crippen molar-refractivity contribution in [2.75, 3.05) is 39.4 Å². The van der Waals surface area contributed by atoms with Gasteiger partial charge in [0.15, 0.2) is 0 Å². The second-order valence-corrected chi connectivity index (χ2v) is 4.87. The summed E-state index contributed by atoms with van der Waals surface area (Å²) >= 11 is 0. The fourth-order valence-corrected chi connectivity index (χ4v) is 1.59. The van der Waals surface area contributed by atoms with E-state index >= 15 is 0 Å². The molecule has 0 radical (unpaired) electrons. The lowest BCUT2D eigenvalue weighted by Gasteiger charge is -2.07. The van der Waals surface area contributed by atoms with Gasteiger partial charge in [-0.1, -0.05) is 13.5 Å². The van der Waals surface area contributed by atoms with Crippen LogP contribution in [0.2, 0.25) is 0 Å². The Morgan fingerprint density at radius 2 is 1.73 bits per heavy atom. The molecule has 0 atom stereocenters. The summed E-state index contributed by atoms with van der Waals surface area (Å²) in [5.74, 6) is 0.140. The number of hydrogen-bond acceptors (Lipinski definition) is 5. The molecular weight excluding hydrogens is 286 g/mol. The van der Waals surface area contributed by atoms with Crippen molar-refractivity contribution in [2.45, 2.75) is 32.6 Å². The summed E-state index contributed by atoms with van der Waals surface area (Å²) in [5.41, 5.74) is 0. The van der Waals surface area contributed by atoms with E-state index in [-0.39, 0.29) is 17.6 Å². The number of unbranched alkanes of at least 4 members (excludes halogenated alkanes) is 1. The lowest BCUT2D eigenvalue weighted by Crippen LogP contribution is -2.29. The van der Waals surface area contributed by atoms with Gasteiger partial charge in [0.1, 0.15) is 0 Å². The van der Waals surface area contributed by atoms with Gasteiger partial charge in [-0.15, -0.1) is 0 Å². The number of ether oxygens (including phenoxy) is 1. The van der Waals surface area contributed by atoms with Crippen LogP contribution in [0.25, 0.3) is 0 Å². The van der Waals surface area contributed by atoms with Gasteiger partial charge in [-0.3, -0.25) is 9.59 Å². The first-order chi connectivity index (χ1) is 10.6. The summed E-state index contributed by atoms with van der Waals surface area (Å²) in [6.45, 7) is 8.22. The van der Waals surface area contributed by atoms with E-state index in [9.17, 15) is 9.59 Å². The Morgan fingerprint density at radius 3 is 2.41 bits per heavy atom. The minimum absolute atomic E-state index is 0.000114. The molecule has 0 aliphatic carbocycles. The summed E-state index contributed by atoms with van der Waals surface area (Å²) in [5, 5.41) is 17.3. The summed E-state index contributed by atoms with van der Waals surface area (Å²) in [7, 11) is 0. The summed E-state index contributed by atoms with van der Waals surface area (Å²) in [6, 6.07) is 0. The zero-order valence-corrected chi connectivity index (χ0v) is 13.5. The molecule has 7 nitrogen and oxygen atoms in total. The first-order valence-electron chi connectivity index (χ1n) is 7.74. The fraction of sp³-hybridized carbons (Fsp3) is 0.733. The Balaban J connectivity index is 3.26. The van der Waals surface area contributed by atoms with E-state index in [1.54, 1.807) is 0 Å². The normalized spacial score (nSPS) is 10.2. The predicted octanol–water partition coefficient (Wildman–Crippen LogP) is 0.477. The second-order valence-electron chi connectivity index (χ2n) is 4.87. The van der Waals surface area contributed by atoms with Crippen molar-refractivity contribution in [1.29, 1.82) is 0 Å². The summed E-state index contributed by atoms with van der Waals surface area (Å²) < 4.78 is 5.31. The van der Waals surface area contributed by atoms with Crippen LogP contribution in [0, 0.1) is 0 Å². The molecule has 0 aromatic carbocycles. The molecule has 0 rings (SSSR count). The van der Waals surface area contributed by atoms with E-state index < -0.39 is 0 Å². The largest absolute Gasteiger partial charge is 0.512 e. The van der Waals surface area contributed by atoms with Crippen molar-refractivity contribution in [3.8, 4) is 0 Å². The summed E-state index contributed by atoms with van der Waals surface area (Å²) in [4.78, 5) is 22.5. The molecule has 0 unspecified atom stereocenters. The van der Waals surface area contributed by atoms with Gasteiger partial charge < -0.3 is 25.8 Å². The molecule has 0 saturated heterocycles. The highest BCUT2D eigenvalue weighted by atomic mass is 16.5. The van der Waals surface area contributed by atoms with Crippen molar-refractivity contribution >= 4 is 11.8 Å². The highest BCUT2D eigenvalue weighted by Crippen LogP contribution is 1.94. The molecular formula is C15H29N3O4. The second kappa shape index (κ2) is 14.3. The van der Waals surface area contributed by atoms with Crippen LogP contribution in [-0.2, 0) is 14.3 Å². The van der Waals surface area contributed by atoms with Gasteiger partial charge in [0.2, 0.25) is 11.8 Å². The monoisotopic (exact) mass is 315 g/mol. The number of carbonyl (C=O) groups is 2. The maximum Gasteiger partial charge on any atom is 0.220 e. The number of amides is 2. The zero-order valence-electron chi connectivity index (χ0n) is 13.5. The lowest BCUT2D eigenvalue weighted by molar-refractivity contribution is -0.121. The molecule has 0 aromatic rings. The van der Waals surface area contributed by atoms with Gasteiger partial charge >= 0.3 is 0 Å². The fourth-order valence-electron chi connectivity index (χ4n) is 1.59. The van der Waals surface area contributed by atoms with Gasteiger partial charge in [0.25, 0.3) is 0 Å². The van der Waals surface area contributed by atoms with Crippen molar-refractivity contribution in [3.63, 3.8) is 0 Å². The predicted molar refractivity (Wildman–Crippen MR) is 85.6 cm³/mol. The molecule has 2 amide bonds. The maximum atomic E-state index is 11.5. The van der Waals surface area contributed by atoms with Gasteiger partial charge in [-0.2, -0.15) is 0 Å². The van der Waals surface area contributed by atoms with Crippen LogP contribution in [-0.4, -0.2) is 56.3 Å². The van der Waals surface area contributed by atoms with Gasteiger partial charge in [-0.05, 0) is 12.8 Å². The quantitative estimate of drug-likeness (QED) is 0.276. The molecule has 0 aromatic heterocycles. The average molecular weight is 315 g/mol. The van der Waals surface area contributed by atoms with E-state index in [2.05, 4.69) is 22.5 Å². The first-order valence-corrected chi connectivity index (χ1v) is 7.74. The van der Waals surface area contributed by atoms with Crippen LogP contribution in [0.4, 0.5) is 0 Å². The van der Waals surface area contributed by atoms with Crippen molar-refractivity contribution in [1.82, 2.24) is 16.0 Å². The van der Waals surface area contributed by atoms with Gasteiger partial charge in [-0.25, -0.2) is 0 Å².